The number of fused-ring (bicyclic) bond motifs is 3. The highest BCUT2D eigenvalue weighted by atomic mass is 16.3. The van der Waals surface area contributed by atoms with Crippen LogP contribution in [-0.4, -0.2) is 29.1 Å². The van der Waals surface area contributed by atoms with Crippen LogP contribution in [0.1, 0.15) is 49.7 Å². The summed E-state index contributed by atoms with van der Waals surface area (Å²) in [6.45, 7) is 4.77. The highest BCUT2D eigenvalue weighted by Gasteiger charge is 2.35. The second kappa shape index (κ2) is 4.93. The van der Waals surface area contributed by atoms with Gasteiger partial charge in [0, 0.05) is 6.04 Å². The molecule has 0 spiro atoms. The first-order valence-electron chi connectivity index (χ1n) is 7.35. The molecule has 1 N–H and O–H groups in total. The molecule has 2 atom stereocenters. The van der Waals surface area contributed by atoms with Crippen molar-refractivity contribution in [3.8, 4) is 5.75 Å². The summed E-state index contributed by atoms with van der Waals surface area (Å²) in [5, 5.41) is 9.73. The number of rotatable bonds is 2. The first kappa shape index (κ1) is 12.0. The van der Waals surface area contributed by atoms with Crippen molar-refractivity contribution in [1.29, 1.82) is 0 Å². The summed E-state index contributed by atoms with van der Waals surface area (Å²) in [6.07, 6.45) is 6.31. The molecule has 2 aliphatic rings. The number of nitrogens with zero attached hydrogens (tertiary/aromatic N) is 1. The number of hydrogen-bond donors (Lipinski definition) is 1. The molecule has 0 radical (unpaired) electrons. The third kappa shape index (κ3) is 2.03. The third-order valence-electron chi connectivity index (χ3n) is 4.64. The van der Waals surface area contributed by atoms with Crippen molar-refractivity contribution in [3.05, 3.63) is 29.3 Å². The van der Waals surface area contributed by atoms with Crippen molar-refractivity contribution in [2.45, 2.75) is 51.0 Å². The van der Waals surface area contributed by atoms with Crippen LogP contribution in [0.4, 0.5) is 0 Å². The van der Waals surface area contributed by atoms with E-state index in [9.17, 15) is 5.11 Å². The first-order valence-corrected chi connectivity index (χ1v) is 7.35. The van der Waals surface area contributed by atoms with Crippen LogP contribution in [0.3, 0.4) is 0 Å². The van der Waals surface area contributed by atoms with E-state index in [4.69, 9.17) is 0 Å². The molecule has 0 amide bonds. The summed E-state index contributed by atoms with van der Waals surface area (Å²) in [5.41, 5.74) is 2.89. The van der Waals surface area contributed by atoms with E-state index in [0.29, 0.717) is 17.7 Å². The number of aromatic hydroxyl groups is 1. The van der Waals surface area contributed by atoms with Crippen LogP contribution in [0.25, 0.3) is 0 Å². The van der Waals surface area contributed by atoms with Crippen LogP contribution in [0.5, 0.6) is 5.75 Å². The second-order valence-electron chi connectivity index (χ2n) is 5.77. The van der Waals surface area contributed by atoms with Gasteiger partial charge in [0.2, 0.25) is 0 Å². The van der Waals surface area contributed by atoms with Gasteiger partial charge in [0.05, 0.1) is 0 Å². The van der Waals surface area contributed by atoms with Crippen LogP contribution in [0, 0.1) is 0 Å². The van der Waals surface area contributed by atoms with Gasteiger partial charge in [-0.05, 0) is 74.4 Å². The van der Waals surface area contributed by atoms with E-state index in [1.807, 2.05) is 12.1 Å². The Morgan fingerprint density at radius 3 is 3.06 bits per heavy atom. The zero-order chi connectivity index (χ0) is 12.5. The molecule has 1 heterocycles. The fourth-order valence-electron chi connectivity index (χ4n) is 3.90. The predicted molar refractivity (Wildman–Crippen MR) is 74.1 cm³/mol. The molecular weight excluding hydrogens is 222 g/mol. The van der Waals surface area contributed by atoms with Crippen molar-refractivity contribution < 1.29 is 5.11 Å². The van der Waals surface area contributed by atoms with Gasteiger partial charge in [-0.25, -0.2) is 0 Å². The van der Waals surface area contributed by atoms with Gasteiger partial charge in [-0.2, -0.15) is 0 Å². The molecule has 1 saturated heterocycles. The first-order chi connectivity index (χ1) is 8.79. The van der Waals surface area contributed by atoms with Crippen LogP contribution in [0.2, 0.25) is 0 Å². The Labute approximate surface area is 110 Å². The van der Waals surface area contributed by atoms with Gasteiger partial charge in [-0.3, -0.25) is 4.90 Å². The number of piperidine rings is 1. The molecule has 0 saturated carbocycles. The van der Waals surface area contributed by atoms with E-state index in [0.717, 1.165) is 0 Å². The number of likely N-dealkylation sites (tertiary alicyclic amines) is 1. The largest absolute Gasteiger partial charge is 0.508 e. The van der Waals surface area contributed by atoms with Crippen molar-refractivity contribution in [2.75, 3.05) is 13.1 Å². The number of aryl methyl sites for hydroxylation is 1. The van der Waals surface area contributed by atoms with E-state index in [2.05, 4.69) is 17.9 Å². The topological polar surface area (TPSA) is 23.5 Å². The average Bonchev–Trinajstić information content (AvgIpc) is 2.39. The summed E-state index contributed by atoms with van der Waals surface area (Å²) in [4.78, 5) is 2.68. The van der Waals surface area contributed by atoms with E-state index < -0.39 is 0 Å². The maximum absolute atomic E-state index is 9.73. The van der Waals surface area contributed by atoms with Crippen LogP contribution in [-0.2, 0) is 6.42 Å². The van der Waals surface area contributed by atoms with Crippen LogP contribution in [0.15, 0.2) is 18.2 Å². The highest BCUT2D eigenvalue weighted by molar-refractivity contribution is 5.40. The minimum Gasteiger partial charge on any atom is -0.508 e. The minimum absolute atomic E-state index is 0.432. The Morgan fingerprint density at radius 2 is 2.22 bits per heavy atom. The molecule has 1 aromatic rings. The van der Waals surface area contributed by atoms with Crippen molar-refractivity contribution in [1.82, 2.24) is 4.90 Å². The van der Waals surface area contributed by atoms with E-state index in [1.165, 1.54) is 56.3 Å². The fraction of sp³-hybridized carbons (Fsp3) is 0.625. The molecule has 1 aliphatic heterocycles. The Bertz CT molecular complexity index is 427. The predicted octanol–water partition coefficient (Wildman–Crippen LogP) is 3.30. The summed E-state index contributed by atoms with van der Waals surface area (Å²) in [5.74, 6) is 1.09. The van der Waals surface area contributed by atoms with Gasteiger partial charge < -0.3 is 5.11 Å². The molecule has 2 heteroatoms. The molecule has 3 rings (SSSR count). The smallest absolute Gasteiger partial charge is 0.115 e. The monoisotopic (exact) mass is 245 g/mol. The molecule has 2 nitrogen and oxygen atoms in total. The van der Waals surface area contributed by atoms with Gasteiger partial charge in [-0.15, -0.1) is 0 Å². The van der Waals surface area contributed by atoms with Gasteiger partial charge >= 0.3 is 0 Å². The molecule has 1 aromatic carbocycles. The zero-order valence-corrected chi connectivity index (χ0v) is 11.2. The molecule has 0 aromatic heterocycles. The Kier molecular flexibility index (Phi) is 3.29. The SMILES string of the molecule is CCCN1CCC[C@@H]2c3cc(O)ccc3CC[C@H]21. The molecule has 0 unspecified atom stereocenters. The zero-order valence-electron chi connectivity index (χ0n) is 11.2. The molecule has 0 bridgehead atoms. The van der Waals surface area contributed by atoms with E-state index >= 15 is 0 Å². The molecule has 98 valence electrons. The molecule has 1 fully saturated rings. The van der Waals surface area contributed by atoms with Gasteiger partial charge in [0.15, 0.2) is 0 Å². The lowest BCUT2D eigenvalue weighted by Gasteiger charge is -2.45. The fourth-order valence-corrected chi connectivity index (χ4v) is 3.90. The van der Waals surface area contributed by atoms with Crippen molar-refractivity contribution in [3.63, 3.8) is 0 Å². The summed E-state index contributed by atoms with van der Waals surface area (Å²) < 4.78 is 0. The summed E-state index contributed by atoms with van der Waals surface area (Å²) in [6, 6.07) is 6.69. The summed E-state index contributed by atoms with van der Waals surface area (Å²) in [7, 11) is 0. The maximum atomic E-state index is 9.73. The quantitative estimate of drug-likeness (QED) is 0.864. The lowest BCUT2D eigenvalue weighted by Crippen LogP contribution is -2.46. The normalized spacial score (nSPS) is 27.6. The van der Waals surface area contributed by atoms with Crippen molar-refractivity contribution in [2.24, 2.45) is 0 Å². The van der Waals surface area contributed by atoms with E-state index in [-0.39, 0.29) is 0 Å². The molecular formula is C16H23NO. The lowest BCUT2D eigenvalue weighted by molar-refractivity contribution is 0.112. The van der Waals surface area contributed by atoms with Crippen molar-refractivity contribution >= 4 is 0 Å². The number of phenolic OH excluding ortho intramolecular Hbond substituents is 1. The average molecular weight is 245 g/mol. The Hall–Kier alpha value is -1.02. The number of benzene rings is 1. The van der Waals surface area contributed by atoms with Crippen LogP contribution >= 0.6 is 0 Å². The number of hydrogen-bond acceptors (Lipinski definition) is 2. The van der Waals surface area contributed by atoms with Gasteiger partial charge in [-0.1, -0.05) is 13.0 Å². The maximum Gasteiger partial charge on any atom is 0.115 e. The molecule has 1 aliphatic carbocycles. The number of phenols is 1. The molecule has 18 heavy (non-hydrogen) atoms. The third-order valence-corrected chi connectivity index (χ3v) is 4.64. The minimum atomic E-state index is 0.432. The van der Waals surface area contributed by atoms with Gasteiger partial charge in [0.25, 0.3) is 0 Å². The Balaban J connectivity index is 1.91. The summed E-state index contributed by atoms with van der Waals surface area (Å²) >= 11 is 0. The Morgan fingerprint density at radius 1 is 1.33 bits per heavy atom. The van der Waals surface area contributed by atoms with E-state index in [1.54, 1.807) is 0 Å². The standard InChI is InChI=1S/C16H23NO/c1-2-9-17-10-3-4-14-15-11-13(18)7-5-12(15)6-8-16(14)17/h5,7,11,14,16,18H,2-4,6,8-10H2,1H3/t14-,16-/m1/s1. The lowest BCUT2D eigenvalue weighted by atomic mass is 9.74. The highest BCUT2D eigenvalue weighted by Crippen LogP contribution is 2.41. The van der Waals surface area contributed by atoms with Crippen LogP contribution < -0.4 is 0 Å². The van der Waals surface area contributed by atoms with Gasteiger partial charge in [0.1, 0.15) is 5.75 Å². The second-order valence-corrected chi connectivity index (χ2v) is 5.77.